The molecule has 0 unspecified atom stereocenters. The average Bonchev–Trinajstić information content (AvgIpc) is 3.34. The number of para-hydroxylation sites is 1. The predicted octanol–water partition coefficient (Wildman–Crippen LogP) is 5.39. The molecule has 0 aliphatic heterocycles. The minimum Gasteiger partial charge on any atom is -0.459 e. The zero-order valence-corrected chi connectivity index (χ0v) is 17.5. The molecule has 1 fully saturated rings. The van der Waals surface area contributed by atoms with Crippen molar-refractivity contribution in [2.45, 2.75) is 44.2 Å². The smallest absolute Gasteiger partial charge is 0.295 e. The van der Waals surface area contributed by atoms with Crippen LogP contribution in [-0.2, 0) is 4.79 Å². The van der Waals surface area contributed by atoms with Crippen molar-refractivity contribution in [3.8, 4) is 0 Å². The highest BCUT2D eigenvalue weighted by atomic mass is 19.1. The summed E-state index contributed by atoms with van der Waals surface area (Å²) in [5, 5.41) is 3.02. The van der Waals surface area contributed by atoms with Crippen LogP contribution in [0.4, 0.5) is 14.5 Å². The van der Waals surface area contributed by atoms with E-state index in [1.54, 1.807) is 12.1 Å². The van der Waals surface area contributed by atoms with Gasteiger partial charge in [0.15, 0.2) is 5.76 Å². The van der Waals surface area contributed by atoms with Gasteiger partial charge in [0.1, 0.15) is 17.7 Å². The van der Waals surface area contributed by atoms with Crippen molar-refractivity contribution in [3.63, 3.8) is 0 Å². The molecule has 1 heterocycles. The minimum atomic E-state index is -1.22. The first-order valence-corrected chi connectivity index (χ1v) is 10.7. The van der Waals surface area contributed by atoms with E-state index in [9.17, 15) is 18.4 Å². The van der Waals surface area contributed by atoms with Crippen LogP contribution in [0.2, 0.25) is 0 Å². The molecule has 32 heavy (non-hydrogen) atoms. The lowest BCUT2D eigenvalue weighted by atomic mass is 9.94. The summed E-state index contributed by atoms with van der Waals surface area (Å²) in [6, 6.07) is 12.8. The highest BCUT2D eigenvalue weighted by Gasteiger charge is 2.36. The third-order valence-corrected chi connectivity index (χ3v) is 5.71. The van der Waals surface area contributed by atoms with Crippen LogP contribution in [0.25, 0.3) is 0 Å². The number of hydrogen-bond donors (Lipinski definition) is 1. The van der Waals surface area contributed by atoms with Crippen LogP contribution in [0.1, 0.15) is 54.3 Å². The Morgan fingerprint density at radius 3 is 2.31 bits per heavy atom. The molecular formula is C25H24F2N2O3. The minimum absolute atomic E-state index is 0.0274. The molecule has 1 atom stereocenters. The monoisotopic (exact) mass is 438 g/mol. The lowest BCUT2D eigenvalue weighted by Gasteiger charge is -2.33. The second-order valence-electron chi connectivity index (χ2n) is 7.90. The summed E-state index contributed by atoms with van der Waals surface area (Å²) in [5.41, 5.74) is 0.296. The van der Waals surface area contributed by atoms with Gasteiger partial charge in [-0.1, -0.05) is 43.5 Å². The number of carbonyl (C=O) groups is 2. The Morgan fingerprint density at radius 2 is 1.66 bits per heavy atom. The standard InChI is InChI=1S/C25H24F2N2O3/c26-18-14-12-17(13-15-18)23(24(30)28-19-7-2-1-3-8-19)29(21-10-5-4-9-20(21)27)25(31)22-11-6-16-32-22/h4-6,9-16,19,23H,1-3,7-8H2,(H,28,30)/t23-/m0/s1. The SMILES string of the molecule is O=C(NC1CCCCC1)[C@H](c1ccc(F)cc1)N(C(=O)c1ccco1)c1ccccc1F. The fourth-order valence-electron chi connectivity index (χ4n) is 4.12. The van der Waals surface area contributed by atoms with Crippen molar-refractivity contribution >= 4 is 17.5 Å². The number of nitrogens with zero attached hydrogens (tertiary/aromatic N) is 1. The molecule has 4 rings (SSSR count). The fraction of sp³-hybridized carbons (Fsp3) is 0.280. The van der Waals surface area contributed by atoms with Crippen molar-refractivity contribution in [2.24, 2.45) is 0 Å². The summed E-state index contributed by atoms with van der Waals surface area (Å²) in [6.07, 6.45) is 6.15. The Hall–Kier alpha value is -3.48. The van der Waals surface area contributed by atoms with E-state index in [0.717, 1.165) is 37.0 Å². The number of hydrogen-bond acceptors (Lipinski definition) is 3. The lowest BCUT2D eigenvalue weighted by Crippen LogP contribution is -2.47. The van der Waals surface area contributed by atoms with Gasteiger partial charge in [-0.05, 0) is 54.8 Å². The van der Waals surface area contributed by atoms with E-state index in [4.69, 9.17) is 4.42 Å². The number of carbonyl (C=O) groups excluding carboxylic acids is 2. The molecule has 1 aliphatic carbocycles. The van der Waals surface area contributed by atoms with Crippen molar-refractivity contribution < 1.29 is 22.8 Å². The van der Waals surface area contributed by atoms with Gasteiger partial charge in [-0.2, -0.15) is 0 Å². The molecule has 7 heteroatoms. The van der Waals surface area contributed by atoms with Gasteiger partial charge in [-0.3, -0.25) is 14.5 Å². The van der Waals surface area contributed by atoms with E-state index in [-0.39, 0.29) is 17.5 Å². The fourth-order valence-corrected chi connectivity index (χ4v) is 4.12. The maximum Gasteiger partial charge on any atom is 0.295 e. The largest absolute Gasteiger partial charge is 0.459 e. The second kappa shape index (κ2) is 9.77. The molecule has 1 aromatic heterocycles. The van der Waals surface area contributed by atoms with Crippen LogP contribution in [0, 0.1) is 11.6 Å². The predicted molar refractivity (Wildman–Crippen MR) is 116 cm³/mol. The summed E-state index contributed by atoms with van der Waals surface area (Å²) in [7, 11) is 0. The molecule has 0 saturated heterocycles. The van der Waals surface area contributed by atoms with Gasteiger partial charge in [0.25, 0.3) is 5.91 Å². The highest BCUT2D eigenvalue weighted by molar-refractivity contribution is 6.08. The van der Waals surface area contributed by atoms with Gasteiger partial charge in [0.05, 0.1) is 12.0 Å². The Kier molecular flexibility index (Phi) is 6.63. The van der Waals surface area contributed by atoms with Gasteiger partial charge in [0.2, 0.25) is 5.91 Å². The second-order valence-corrected chi connectivity index (χ2v) is 7.90. The molecule has 1 N–H and O–H groups in total. The van der Waals surface area contributed by atoms with Crippen LogP contribution < -0.4 is 10.2 Å². The van der Waals surface area contributed by atoms with Gasteiger partial charge in [0, 0.05) is 6.04 Å². The number of halogens is 2. The zero-order valence-electron chi connectivity index (χ0n) is 17.5. The van der Waals surface area contributed by atoms with E-state index >= 15 is 0 Å². The topological polar surface area (TPSA) is 62.6 Å². The maximum atomic E-state index is 14.9. The van der Waals surface area contributed by atoms with Crippen LogP contribution in [0.15, 0.2) is 71.3 Å². The first-order chi connectivity index (χ1) is 15.5. The van der Waals surface area contributed by atoms with Crippen molar-refractivity contribution in [2.75, 3.05) is 4.90 Å². The molecular weight excluding hydrogens is 414 g/mol. The number of nitrogens with one attached hydrogen (secondary N) is 1. The first kappa shape index (κ1) is 21.7. The number of benzene rings is 2. The third kappa shape index (κ3) is 4.72. The Morgan fingerprint density at radius 1 is 0.938 bits per heavy atom. The van der Waals surface area contributed by atoms with Gasteiger partial charge in [-0.15, -0.1) is 0 Å². The lowest BCUT2D eigenvalue weighted by molar-refractivity contribution is -0.123. The summed E-state index contributed by atoms with van der Waals surface area (Å²) in [4.78, 5) is 28.1. The van der Waals surface area contributed by atoms with E-state index in [0.29, 0.717) is 5.56 Å². The van der Waals surface area contributed by atoms with Crippen LogP contribution in [0.5, 0.6) is 0 Å². The van der Waals surface area contributed by atoms with Gasteiger partial charge in [-0.25, -0.2) is 8.78 Å². The van der Waals surface area contributed by atoms with Crippen molar-refractivity contribution in [1.82, 2.24) is 5.32 Å². The molecule has 1 saturated carbocycles. The summed E-state index contributed by atoms with van der Waals surface area (Å²) >= 11 is 0. The van der Waals surface area contributed by atoms with E-state index in [1.165, 1.54) is 54.8 Å². The quantitative estimate of drug-likeness (QED) is 0.561. The summed E-state index contributed by atoms with van der Waals surface area (Å²) < 4.78 is 33.8. The normalized spacial score (nSPS) is 15.2. The Balaban J connectivity index is 1.80. The van der Waals surface area contributed by atoms with E-state index < -0.39 is 29.5 Å². The number of furan rings is 1. The van der Waals surface area contributed by atoms with E-state index in [1.807, 2.05) is 0 Å². The molecule has 0 bridgehead atoms. The molecule has 3 aromatic rings. The van der Waals surface area contributed by atoms with Crippen molar-refractivity contribution in [1.29, 1.82) is 0 Å². The van der Waals surface area contributed by atoms with Gasteiger partial charge < -0.3 is 9.73 Å². The molecule has 1 aliphatic rings. The van der Waals surface area contributed by atoms with E-state index in [2.05, 4.69) is 5.32 Å². The molecule has 2 aromatic carbocycles. The highest BCUT2D eigenvalue weighted by Crippen LogP contribution is 2.32. The molecule has 0 spiro atoms. The third-order valence-electron chi connectivity index (χ3n) is 5.71. The van der Waals surface area contributed by atoms with Gasteiger partial charge >= 0.3 is 0 Å². The number of rotatable bonds is 6. The molecule has 2 amide bonds. The Labute approximate surface area is 185 Å². The molecule has 166 valence electrons. The zero-order chi connectivity index (χ0) is 22.5. The summed E-state index contributed by atoms with van der Waals surface area (Å²) in [5.74, 6) is -2.30. The number of amides is 2. The maximum absolute atomic E-state index is 14.9. The number of anilines is 1. The van der Waals surface area contributed by atoms with Crippen LogP contribution in [0.3, 0.4) is 0 Å². The molecule has 0 radical (unpaired) electrons. The summed E-state index contributed by atoms with van der Waals surface area (Å²) in [6.45, 7) is 0. The van der Waals surface area contributed by atoms with Crippen molar-refractivity contribution in [3.05, 3.63) is 89.9 Å². The average molecular weight is 438 g/mol. The van der Waals surface area contributed by atoms with Crippen LogP contribution in [-0.4, -0.2) is 17.9 Å². The molecule has 5 nitrogen and oxygen atoms in total. The van der Waals surface area contributed by atoms with Crippen LogP contribution >= 0.6 is 0 Å². The first-order valence-electron chi connectivity index (χ1n) is 10.7. The Bertz CT molecular complexity index is 1060.